The summed E-state index contributed by atoms with van der Waals surface area (Å²) in [6.07, 6.45) is 0. The van der Waals surface area contributed by atoms with E-state index in [0.717, 1.165) is 0 Å². The fraction of sp³-hybridized carbons (Fsp3) is 0.417. The first-order valence-electron chi connectivity index (χ1n) is 5.97. The molecule has 1 aromatic rings. The van der Waals surface area contributed by atoms with Crippen LogP contribution in [-0.4, -0.2) is 33.5 Å². The Morgan fingerprint density at radius 1 is 1.37 bits per heavy atom. The number of carbonyl (C=O) groups is 1. The molecule has 4 N–H and O–H groups in total. The third-order valence-electron chi connectivity index (χ3n) is 2.23. The van der Waals surface area contributed by atoms with Crippen LogP contribution in [0.4, 0.5) is 0 Å². The number of carbonyl (C=O) groups excluding carboxylic acids is 1. The van der Waals surface area contributed by atoms with Gasteiger partial charge in [-0.3, -0.25) is 4.79 Å². The van der Waals surface area contributed by atoms with E-state index in [1.807, 2.05) is 0 Å². The fourth-order valence-electron chi connectivity index (χ4n) is 1.47. The molecule has 1 aromatic carbocycles. The molecule has 1 rings (SSSR count). The van der Waals surface area contributed by atoms with Crippen LogP contribution in [0.2, 0.25) is 0 Å². The van der Waals surface area contributed by atoms with Gasteiger partial charge < -0.3 is 11.1 Å². The van der Waals surface area contributed by atoms with Crippen LogP contribution in [0.1, 0.15) is 24.2 Å². The molecule has 0 fully saturated rings. The van der Waals surface area contributed by atoms with Gasteiger partial charge in [-0.05, 0) is 32.0 Å². The molecule has 0 saturated heterocycles. The molecule has 0 radical (unpaired) electrons. The molecule has 0 heterocycles. The zero-order chi connectivity index (χ0) is 14.5. The van der Waals surface area contributed by atoms with Gasteiger partial charge in [-0.25, -0.2) is 13.1 Å². The summed E-state index contributed by atoms with van der Waals surface area (Å²) in [6.45, 7) is 4.14. The smallest absolute Gasteiger partial charge is 0.251 e. The predicted molar refractivity (Wildman–Crippen MR) is 73.3 cm³/mol. The average molecular weight is 285 g/mol. The van der Waals surface area contributed by atoms with Crippen LogP contribution < -0.4 is 15.8 Å². The van der Waals surface area contributed by atoms with Crippen LogP contribution in [0.3, 0.4) is 0 Å². The Hall–Kier alpha value is -1.44. The molecular weight excluding hydrogens is 266 g/mol. The normalized spacial score (nSPS) is 11.6. The highest BCUT2D eigenvalue weighted by Gasteiger charge is 2.16. The summed E-state index contributed by atoms with van der Waals surface area (Å²) < 4.78 is 26.4. The topological polar surface area (TPSA) is 101 Å². The van der Waals surface area contributed by atoms with Crippen LogP contribution >= 0.6 is 0 Å². The Morgan fingerprint density at radius 3 is 2.63 bits per heavy atom. The van der Waals surface area contributed by atoms with Crippen LogP contribution in [-0.2, 0) is 10.0 Å². The van der Waals surface area contributed by atoms with Crippen molar-refractivity contribution in [3.63, 3.8) is 0 Å². The van der Waals surface area contributed by atoms with Gasteiger partial charge in [0.1, 0.15) is 0 Å². The number of sulfonamides is 1. The van der Waals surface area contributed by atoms with E-state index in [-0.39, 0.29) is 16.8 Å². The molecule has 106 valence electrons. The molecule has 0 aliphatic carbocycles. The minimum Gasteiger partial charge on any atom is -0.351 e. The van der Waals surface area contributed by atoms with Crippen molar-refractivity contribution in [1.82, 2.24) is 10.0 Å². The summed E-state index contributed by atoms with van der Waals surface area (Å²) in [4.78, 5) is 11.8. The summed E-state index contributed by atoms with van der Waals surface area (Å²) in [5.41, 5.74) is 5.58. The number of amides is 1. The number of nitrogens with two attached hydrogens (primary N) is 1. The van der Waals surface area contributed by atoms with Gasteiger partial charge in [-0.2, -0.15) is 0 Å². The van der Waals surface area contributed by atoms with E-state index in [1.165, 1.54) is 18.2 Å². The lowest BCUT2D eigenvalue weighted by Gasteiger charge is -2.10. The largest absolute Gasteiger partial charge is 0.351 e. The highest BCUT2D eigenvalue weighted by molar-refractivity contribution is 7.89. The Kier molecular flexibility index (Phi) is 5.46. The van der Waals surface area contributed by atoms with Gasteiger partial charge in [0.05, 0.1) is 4.90 Å². The summed E-state index contributed by atoms with van der Waals surface area (Å²) in [5, 5.41) is 2.59. The van der Waals surface area contributed by atoms with Gasteiger partial charge in [-0.15, -0.1) is 0 Å². The van der Waals surface area contributed by atoms with Crippen molar-refractivity contribution in [1.29, 1.82) is 0 Å². The fourth-order valence-corrected chi connectivity index (χ4v) is 2.77. The minimum absolute atomic E-state index is 0.0709. The van der Waals surface area contributed by atoms with Gasteiger partial charge in [0.25, 0.3) is 5.91 Å². The first kappa shape index (κ1) is 15.6. The molecule has 0 saturated carbocycles. The molecule has 1 amide bonds. The molecule has 0 aliphatic rings. The Labute approximate surface area is 113 Å². The summed E-state index contributed by atoms with van der Waals surface area (Å²) in [6, 6.07) is 5.67. The van der Waals surface area contributed by atoms with Gasteiger partial charge >= 0.3 is 0 Å². The molecule has 0 bridgehead atoms. The molecule has 7 heteroatoms. The third kappa shape index (κ3) is 4.62. The summed E-state index contributed by atoms with van der Waals surface area (Å²) >= 11 is 0. The van der Waals surface area contributed by atoms with E-state index in [0.29, 0.717) is 18.7 Å². The monoisotopic (exact) mass is 285 g/mol. The van der Waals surface area contributed by atoms with E-state index in [1.54, 1.807) is 19.9 Å². The van der Waals surface area contributed by atoms with Gasteiger partial charge in [-0.1, -0.05) is 6.07 Å². The van der Waals surface area contributed by atoms with Crippen molar-refractivity contribution in [2.75, 3.05) is 13.1 Å². The molecule has 0 atom stereocenters. The molecule has 19 heavy (non-hydrogen) atoms. The first-order valence-corrected chi connectivity index (χ1v) is 7.46. The van der Waals surface area contributed by atoms with Crippen molar-refractivity contribution < 1.29 is 13.2 Å². The first-order chi connectivity index (χ1) is 8.86. The van der Waals surface area contributed by atoms with Crippen molar-refractivity contribution >= 4 is 15.9 Å². The highest BCUT2D eigenvalue weighted by atomic mass is 32.2. The molecule has 0 spiro atoms. The molecule has 0 aliphatic heterocycles. The van der Waals surface area contributed by atoms with Crippen molar-refractivity contribution in [2.24, 2.45) is 5.73 Å². The van der Waals surface area contributed by atoms with E-state index < -0.39 is 10.0 Å². The number of nitrogens with one attached hydrogen (secondary N) is 2. The van der Waals surface area contributed by atoms with Crippen molar-refractivity contribution in [2.45, 2.75) is 24.8 Å². The quantitative estimate of drug-likeness (QED) is 0.688. The second-order valence-corrected chi connectivity index (χ2v) is 6.06. The number of benzene rings is 1. The standard InChI is InChI=1S/C12H19N3O3S/c1-9(2)15-19(17,18)11-5-3-4-10(8-11)12(16)14-7-6-13/h3-5,8-9,15H,6-7,13H2,1-2H3,(H,14,16). The predicted octanol–water partition coefficient (Wildman–Crippen LogP) is 0.0618. The zero-order valence-corrected chi connectivity index (χ0v) is 11.8. The zero-order valence-electron chi connectivity index (χ0n) is 11.0. The molecular formula is C12H19N3O3S. The average Bonchev–Trinajstić information content (AvgIpc) is 2.34. The van der Waals surface area contributed by atoms with Gasteiger partial charge in [0, 0.05) is 24.7 Å². The van der Waals surface area contributed by atoms with Crippen LogP contribution in [0.25, 0.3) is 0 Å². The van der Waals surface area contributed by atoms with Crippen molar-refractivity contribution in [3.05, 3.63) is 29.8 Å². The Bertz CT molecular complexity index is 541. The van der Waals surface area contributed by atoms with Crippen LogP contribution in [0.5, 0.6) is 0 Å². The van der Waals surface area contributed by atoms with E-state index in [4.69, 9.17) is 5.73 Å². The van der Waals surface area contributed by atoms with Crippen molar-refractivity contribution in [3.8, 4) is 0 Å². The Morgan fingerprint density at radius 2 is 2.05 bits per heavy atom. The number of hydrogen-bond acceptors (Lipinski definition) is 4. The second-order valence-electron chi connectivity index (χ2n) is 4.35. The highest BCUT2D eigenvalue weighted by Crippen LogP contribution is 2.12. The lowest BCUT2D eigenvalue weighted by atomic mass is 10.2. The summed E-state index contributed by atoms with van der Waals surface area (Å²) in [7, 11) is -3.59. The maximum atomic E-state index is 12.0. The van der Waals surface area contributed by atoms with Crippen LogP contribution in [0, 0.1) is 0 Å². The number of hydrogen-bond donors (Lipinski definition) is 3. The van der Waals surface area contributed by atoms with Gasteiger partial charge in [0.15, 0.2) is 0 Å². The second kappa shape index (κ2) is 6.65. The minimum atomic E-state index is -3.59. The van der Waals surface area contributed by atoms with E-state index in [9.17, 15) is 13.2 Å². The van der Waals surface area contributed by atoms with Crippen LogP contribution in [0.15, 0.2) is 29.2 Å². The molecule has 0 unspecified atom stereocenters. The van der Waals surface area contributed by atoms with Gasteiger partial charge in [0.2, 0.25) is 10.0 Å². The Balaban J connectivity index is 2.97. The van der Waals surface area contributed by atoms with E-state index in [2.05, 4.69) is 10.0 Å². The molecule has 6 nitrogen and oxygen atoms in total. The SMILES string of the molecule is CC(C)NS(=O)(=O)c1cccc(C(=O)NCCN)c1. The maximum absolute atomic E-state index is 12.0. The molecule has 0 aromatic heterocycles. The maximum Gasteiger partial charge on any atom is 0.251 e. The lowest BCUT2D eigenvalue weighted by Crippen LogP contribution is -2.31. The van der Waals surface area contributed by atoms with E-state index >= 15 is 0 Å². The number of rotatable bonds is 6. The summed E-state index contributed by atoms with van der Waals surface area (Å²) in [5.74, 6) is -0.341. The lowest BCUT2D eigenvalue weighted by molar-refractivity contribution is 0.0954. The third-order valence-corrected chi connectivity index (χ3v) is 3.88.